The molecule has 2 N–H and O–H groups in total. The lowest BCUT2D eigenvalue weighted by Gasteiger charge is -2.09. The van der Waals surface area contributed by atoms with Gasteiger partial charge in [-0.25, -0.2) is 0 Å². The molecule has 0 aliphatic carbocycles. The van der Waals surface area contributed by atoms with Gasteiger partial charge in [-0.05, 0) is 41.9 Å². The zero-order valence-electron chi connectivity index (χ0n) is 11.2. The van der Waals surface area contributed by atoms with Crippen LogP contribution in [0.25, 0.3) is 0 Å². The predicted molar refractivity (Wildman–Crippen MR) is 80.3 cm³/mol. The van der Waals surface area contributed by atoms with Crippen molar-refractivity contribution < 1.29 is 5.11 Å². The van der Waals surface area contributed by atoms with E-state index in [1.807, 2.05) is 42.8 Å². The molecule has 0 radical (unpaired) electrons. The van der Waals surface area contributed by atoms with E-state index in [1.165, 1.54) is 5.56 Å². The van der Waals surface area contributed by atoms with Crippen molar-refractivity contribution in [2.45, 2.75) is 26.9 Å². The van der Waals surface area contributed by atoms with E-state index in [0.29, 0.717) is 6.54 Å². The molecule has 4 nitrogen and oxygen atoms in total. The van der Waals surface area contributed by atoms with Crippen molar-refractivity contribution >= 4 is 21.6 Å². The lowest BCUT2D eigenvalue weighted by Crippen LogP contribution is -2.07. The number of aliphatic hydroxyl groups is 1. The lowest BCUT2D eigenvalue weighted by molar-refractivity contribution is 0.268. The van der Waals surface area contributed by atoms with E-state index >= 15 is 0 Å². The average Bonchev–Trinajstić information content (AvgIpc) is 2.65. The summed E-state index contributed by atoms with van der Waals surface area (Å²) < 4.78 is 2.90. The molecule has 0 spiro atoms. The van der Waals surface area contributed by atoms with Crippen molar-refractivity contribution in [1.82, 2.24) is 9.78 Å². The molecule has 0 atom stereocenters. The highest BCUT2D eigenvalue weighted by molar-refractivity contribution is 9.10. The fourth-order valence-corrected chi connectivity index (χ4v) is 2.52. The maximum Gasteiger partial charge on any atom is 0.0646 e. The Hall–Kier alpha value is -1.33. The van der Waals surface area contributed by atoms with Crippen molar-refractivity contribution in [2.75, 3.05) is 11.9 Å². The Morgan fingerprint density at radius 1 is 1.32 bits per heavy atom. The smallest absolute Gasteiger partial charge is 0.0646 e. The third kappa shape index (κ3) is 3.16. The molecule has 0 amide bonds. The largest absolute Gasteiger partial charge is 0.394 e. The molecule has 5 heteroatoms. The Morgan fingerprint density at radius 2 is 2.05 bits per heavy atom. The molecule has 0 unspecified atom stereocenters. The van der Waals surface area contributed by atoms with Gasteiger partial charge in [0.15, 0.2) is 0 Å². The molecule has 0 fully saturated rings. The van der Waals surface area contributed by atoms with Crippen molar-refractivity contribution in [3.63, 3.8) is 0 Å². The molecule has 1 aromatic carbocycles. The van der Waals surface area contributed by atoms with Crippen LogP contribution in [0.15, 0.2) is 28.7 Å². The molecular weight excluding hydrogens is 306 g/mol. The first-order valence-corrected chi connectivity index (χ1v) is 7.05. The Morgan fingerprint density at radius 3 is 2.74 bits per heavy atom. The van der Waals surface area contributed by atoms with E-state index in [2.05, 4.69) is 26.3 Å². The molecule has 0 aliphatic heterocycles. The van der Waals surface area contributed by atoms with Gasteiger partial charge in [-0.2, -0.15) is 5.10 Å². The molecule has 0 aliphatic rings. The Bertz CT molecular complexity index is 566. The second-order valence-electron chi connectivity index (χ2n) is 4.43. The third-order valence-electron chi connectivity index (χ3n) is 3.17. The second-order valence-corrected chi connectivity index (χ2v) is 5.28. The van der Waals surface area contributed by atoms with Crippen molar-refractivity contribution in [1.29, 1.82) is 0 Å². The molecule has 19 heavy (non-hydrogen) atoms. The van der Waals surface area contributed by atoms with Crippen LogP contribution in [0.3, 0.4) is 0 Å². The summed E-state index contributed by atoms with van der Waals surface area (Å²) in [4.78, 5) is 0. The summed E-state index contributed by atoms with van der Waals surface area (Å²) in [6, 6.07) is 8.04. The number of halogens is 1. The molecule has 2 aromatic rings. The number of rotatable bonds is 5. The lowest BCUT2D eigenvalue weighted by atomic mass is 10.2. The number of hydrogen-bond donors (Lipinski definition) is 2. The van der Waals surface area contributed by atoms with Gasteiger partial charge in [-0.15, -0.1) is 0 Å². The number of aromatic nitrogens is 2. The monoisotopic (exact) mass is 323 g/mol. The first kappa shape index (κ1) is 14.1. The van der Waals surface area contributed by atoms with Gasteiger partial charge in [0.25, 0.3) is 0 Å². The van der Waals surface area contributed by atoms with Gasteiger partial charge >= 0.3 is 0 Å². The molecule has 102 valence electrons. The summed E-state index contributed by atoms with van der Waals surface area (Å²) >= 11 is 3.52. The van der Waals surface area contributed by atoms with Gasteiger partial charge in [0.05, 0.1) is 18.8 Å². The number of anilines is 1. The number of nitrogens with zero attached hydrogens (tertiary/aromatic N) is 2. The molecule has 0 bridgehead atoms. The fraction of sp³-hybridized carbons (Fsp3) is 0.357. The minimum Gasteiger partial charge on any atom is -0.394 e. The molecule has 2 rings (SSSR count). The first-order chi connectivity index (χ1) is 9.13. The fourth-order valence-electron chi connectivity index (χ4n) is 2.09. The molecular formula is C14H18BrN3O. The van der Waals surface area contributed by atoms with Gasteiger partial charge in [-0.3, -0.25) is 4.68 Å². The van der Waals surface area contributed by atoms with Crippen molar-refractivity contribution in [2.24, 2.45) is 0 Å². The van der Waals surface area contributed by atoms with Crippen molar-refractivity contribution in [3.05, 3.63) is 45.7 Å². The minimum absolute atomic E-state index is 0.110. The van der Waals surface area contributed by atoms with Crippen LogP contribution < -0.4 is 5.32 Å². The number of aliphatic hydroxyl groups excluding tert-OH is 1. The van der Waals surface area contributed by atoms with Crippen molar-refractivity contribution in [3.8, 4) is 0 Å². The molecule has 1 heterocycles. The highest BCUT2D eigenvalue weighted by atomic mass is 79.9. The first-order valence-electron chi connectivity index (χ1n) is 6.25. The SMILES string of the molecule is Cc1nn(CCO)c(C)c1CNc1ccccc1Br. The standard InChI is InChI=1S/C14H18BrN3O/c1-10-12(11(2)18(17-10)7-8-19)9-16-14-6-4-3-5-13(14)15/h3-6,16,19H,7-9H2,1-2H3. The zero-order valence-corrected chi connectivity index (χ0v) is 12.7. The second kappa shape index (κ2) is 6.21. The summed E-state index contributed by atoms with van der Waals surface area (Å²) in [6.45, 7) is 5.41. The normalized spacial score (nSPS) is 10.7. The van der Waals surface area contributed by atoms with Crippen LogP contribution in [-0.4, -0.2) is 21.5 Å². The van der Waals surface area contributed by atoms with Gasteiger partial charge in [0.1, 0.15) is 0 Å². The van der Waals surface area contributed by atoms with E-state index in [4.69, 9.17) is 5.11 Å². The number of para-hydroxylation sites is 1. The highest BCUT2D eigenvalue weighted by Gasteiger charge is 2.11. The van der Waals surface area contributed by atoms with Gasteiger partial charge in [0.2, 0.25) is 0 Å². The highest BCUT2D eigenvalue weighted by Crippen LogP contribution is 2.23. The summed E-state index contributed by atoms with van der Waals surface area (Å²) in [5.74, 6) is 0. The Balaban J connectivity index is 2.14. The third-order valence-corrected chi connectivity index (χ3v) is 3.86. The average molecular weight is 324 g/mol. The van der Waals surface area contributed by atoms with Gasteiger partial charge in [0, 0.05) is 28.0 Å². The Kier molecular flexibility index (Phi) is 4.61. The van der Waals surface area contributed by atoms with Gasteiger partial charge in [-0.1, -0.05) is 12.1 Å². The van der Waals surface area contributed by atoms with E-state index in [0.717, 1.165) is 28.1 Å². The van der Waals surface area contributed by atoms with E-state index in [-0.39, 0.29) is 6.61 Å². The van der Waals surface area contributed by atoms with E-state index < -0.39 is 0 Å². The maximum atomic E-state index is 9.01. The maximum absolute atomic E-state index is 9.01. The molecule has 0 saturated carbocycles. The van der Waals surface area contributed by atoms with Crippen LogP contribution >= 0.6 is 15.9 Å². The van der Waals surface area contributed by atoms with Crippen LogP contribution in [-0.2, 0) is 13.1 Å². The summed E-state index contributed by atoms with van der Waals surface area (Å²) in [7, 11) is 0. The number of benzene rings is 1. The van der Waals surface area contributed by atoms with Gasteiger partial charge < -0.3 is 10.4 Å². The molecule has 1 aromatic heterocycles. The van der Waals surface area contributed by atoms with Crippen LogP contribution in [0.4, 0.5) is 5.69 Å². The number of hydrogen-bond acceptors (Lipinski definition) is 3. The van der Waals surface area contributed by atoms with E-state index in [1.54, 1.807) is 0 Å². The van der Waals surface area contributed by atoms with Crippen LogP contribution in [0.5, 0.6) is 0 Å². The minimum atomic E-state index is 0.110. The number of aryl methyl sites for hydroxylation is 1. The van der Waals surface area contributed by atoms with E-state index in [9.17, 15) is 0 Å². The predicted octanol–water partition coefficient (Wildman–Crippen LogP) is 2.87. The van der Waals surface area contributed by atoms with Crippen LogP contribution in [0, 0.1) is 13.8 Å². The quantitative estimate of drug-likeness (QED) is 0.889. The molecule has 0 saturated heterocycles. The topological polar surface area (TPSA) is 50.1 Å². The summed E-state index contributed by atoms with van der Waals surface area (Å²) in [5, 5.41) is 16.8. The zero-order chi connectivity index (χ0) is 13.8. The Labute approximate surface area is 121 Å². The number of nitrogens with one attached hydrogen (secondary N) is 1. The summed E-state index contributed by atoms with van der Waals surface area (Å²) in [6.07, 6.45) is 0. The van der Waals surface area contributed by atoms with Crippen LogP contribution in [0.1, 0.15) is 17.0 Å². The summed E-state index contributed by atoms with van der Waals surface area (Å²) in [5.41, 5.74) is 4.36. The van der Waals surface area contributed by atoms with Crippen LogP contribution in [0.2, 0.25) is 0 Å².